The average molecular weight is 316 g/mol. The molecule has 0 aliphatic rings. The Hall–Kier alpha value is -1.62. The number of hydrogen-bond acceptors (Lipinski definition) is 3. The van der Waals surface area contributed by atoms with E-state index < -0.39 is 29.3 Å². The van der Waals surface area contributed by atoms with Crippen molar-refractivity contribution in [2.75, 3.05) is 0 Å². The fourth-order valence-corrected chi connectivity index (χ4v) is 1.83. The Morgan fingerprint density at radius 2 is 2.00 bits per heavy atom. The quantitative estimate of drug-likeness (QED) is 0.869. The predicted molar refractivity (Wildman–Crippen MR) is 78.6 cm³/mol. The van der Waals surface area contributed by atoms with Gasteiger partial charge in [-0.3, -0.25) is 4.79 Å². The van der Waals surface area contributed by atoms with Gasteiger partial charge in [0.25, 0.3) is 0 Å². The van der Waals surface area contributed by atoms with E-state index in [9.17, 15) is 14.0 Å². The number of benzene rings is 1. The van der Waals surface area contributed by atoms with Crippen LogP contribution in [0.3, 0.4) is 0 Å². The highest BCUT2D eigenvalue weighted by Gasteiger charge is 2.23. The van der Waals surface area contributed by atoms with Gasteiger partial charge < -0.3 is 10.1 Å². The number of hydrogen-bond donors (Lipinski definition) is 1. The molecule has 1 aromatic rings. The Bertz CT molecular complexity index is 520. The number of halogens is 2. The zero-order valence-corrected chi connectivity index (χ0v) is 13.3. The summed E-state index contributed by atoms with van der Waals surface area (Å²) in [5, 5.41) is 2.64. The smallest absolute Gasteiger partial charge is 0.328 e. The van der Waals surface area contributed by atoms with Gasteiger partial charge in [0, 0.05) is 10.6 Å². The summed E-state index contributed by atoms with van der Waals surface area (Å²) in [5.74, 6) is -1.60. The molecule has 1 aromatic carbocycles. The molecule has 116 valence electrons. The molecule has 0 unspecified atom stereocenters. The van der Waals surface area contributed by atoms with Gasteiger partial charge in [-0.15, -0.1) is 0 Å². The van der Waals surface area contributed by atoms with Gasteiger partial charge in [0.15, 0.2) is 0 Å². The molecule has 21 heavy (non-hydrogen) atoms. The van der Waals surface area contributed by atoms with Crippen LogP contribution in [0.5, 0.6) is 0 Å². The Morgan fingerprint density at radius 3 is 2.52 bits per heavy atom. The lowest BCUT2D eigenvalue weighted by Crippen LogP contribution is -2.42. The van der Waals surface area contributed by atoms with Crippen LogP contribution in [0.2, 0.25) is 5.02 Å². The van der Waals surface area contributed by atoms with Gasteiger partial charge in [0.2, 0.25) is 5.91 Å². The maximum Gasteiger partial charge on any atom is 0.328 e. The van der Waals surface area contributed by atoms with Crippen molar-refractivity contribution in [3.05, 3.63) is 34.6 Å². The third-order valence-corrected chi connectivity index (χ3v) is 2.89. The van der Waals surface area contributed by atoms with Crippen LogP contribution in [0.25, 0.3) is 0 Å². The summed E-state index contributed by atoms with van der Waals surface area (Å²) < 4.78 is 18.7. The van der Waals surface area contributed by atoms with Gasteiger partial charge in [-0.2, -0.15) is 0 Å². The monoisotopic (exact) mass is 315 g/mol. The minimum Gasteiger partial charge on any atom is -0.458 e. The van der Waals surface area contributed by atoms with Crippen LogP contribution >= 0.6 is 11.6 Å². The number of carbonyl (C=O) groups is 2. The van der Waals surface area contributed by atoms with E-state index in [-0.39, 0.29) is 17.0 Å². The van der Waals surface area contributed by atoms with Crippen molar-refractivity contribution in [3.8, 4) is 0 Å². The first-order valence-electron chi connectivity index (χ1n) is 6.55. The molecule has 1 N–H and O–H groups in total. The SMILES string of the molecule is C[C@@H](NC(=O)Cc1c(F)cccc1Cl)C(=O)OC(C)(C)C. The molecule has 0 saturated heterocycles. The number of carbonyl (C=O) groups excluding carboxylic acids is 2. The van der Waals surface area contributed by atoms with Crippen molar-refractivity contribution in [1.29, 1.82) is 0 Å². The van der Waals surface area contributed by atoms with Crippen LogP contribution in [0, 0.1) is 5.82 Å². The van der Waals surface area contributed by atoms with Gasteiger partial charge in [-0.1, -0.05) is 17.7 Å². The third kappa shape index (κ3) is 5.71. The van der Waals surface area contributed by atoms with Gasteiger partial charge >= 0.3 is 5.97 Å². The average Bonchev–Trinajstić information content (AvgIpc) is 2.31. The summed E-state index contributed by atoms with van der Waals surface area (Å²) in [4.78, 5) is 23.6. The zero-order valence-electron chi connectivity index (χ0n) is 12.5. The molecule has 0 aromatic heterocycles. The molecule has 0 aliphatic heterocycles. The lowest BCUT2D eigenvalue weighted by molar-refractivity contribution is -0.158. The van der Waals surface area contributed by atoms with Crippen LogP contribution in [0.4, 0.5) is 4.39 Å². The highest BCUT2D eigenvalue weighted by molar-refractivity contribution is 6.31. The molecular formula is C15H19ClFNO3. The summed E-state index contributed by atoms with van der Waals surface area (Å²) in [6.07, 6.45) is -0.237. The molecule has 0 fully saturated rings. The fourth-order valence-electron chi connectivity index (χ4n) is 1.60. The van der Waals surface area contributed by atoms with Crippen molar-refractivity contribution >= 4 is 23.5 Å². The Balaban J connectivity index is 2.64. The number of ether oxygens (including phenoxy) is 1. The number of nitrogens with one attached hydrogen (secondary N) is 1. The second kappa shape index (κ2) is 6.89. The fraction of sp³-hybridized carbons (Fsp3) is 0.467. The third-order valence-electron chi connectivity index (χ3n) is 2.54. The van der Waals surface area contributed by atoms with E-state index in [1.807, 2.05) is 0 Å². The van der Waals surface area contributed by atoms with E-state index in [0.29, 0.717) is 0 Å². The molecule has 1 rings (SSSR count). The van der Waals surface area contributed by atoms with E-state index in [1.165, 1.54) is 25.1 Å². The standard InChI is InChI=1S/C15H19ClFNO3/c1-9(14(20)21-15(2,3)4)18-13(19)8-10-11(16)6-5-7-12(10)17/h5-7,9H,8H2,1-4H3,(H,18,19)/t9-/m1/s1. The zero-order chi connectivity index (χ0) is 16.2. The van der Waals surface area contributed by atoms with Crippen molar-refractivity contribution in [3.63, 3.8) is 0 Å². The lowest BCUT2D eigenvalue weighted by atomic mass is 10.1. The van der Waals surface area contributed by atoms with Gasteiger partial charge in [0.05, 0.1) is 6.42 Å². The summed E-state index contributed by atoms with van der Waals surface area (Å²) in [5.41, 5.74) is -0.529. The molecule has 0 heterocycles. The Morgan fingerprint density at radius 1 is 1.38 bits per heavy atom. The van der Waals surface area contributed by atoms with Gasteiger partial charge in [-0.05, 0) is 39.8 Å². The predicted octanol–water partition coefficient (Wildman–Crippen LogP) is 2.87. The van der Waals surface area contributed by atoms with Gasteiger partial charge in [-0.25, -0.2) is 9.18 Å². The van der Waals surface area contributed by atoms with E-state index in [4.69, 9.17) is 16.3 Å². The summed E-state index contributed by atoms with van der Waals surface area (Å²) in [6.45, 7) is 6.71. The first-order chi connectivity index (χ1) is 9.60. The summed E-state index contributed by atoms with van der Waals surface area (Å²) in [6, 6.07) is 3.38. The lowest BCUT2D eigenvalue weighted by Gasteiger charge is -2.22. The van der Waals surface area contributed by atoms with Crippen molar-refractivity contribution in [1.82, 2.24) is 5.32 Å². The molecule has 1 atom stereocenters. The first kappa shape index (κ1) is 17.4. The first-order valence-corrected chi connectivity index (χ1v) is 6.93. The Kier molecular flexibility index (Phi) is 5.72. The second-order valence-corrected chi connectivity index (χ2v) is 6.11. The van der Waals surface area contributed by atoms with E-state index in [1.54, 1.807) is 20.8 Å². The number of amides is 1. The largest absolute Gasteiger partial charge is 0.458 e. The second-order valence-electron chi connectivity index (χ2n) is 5.70. The Labute approximate surface area is 128 Å². The minimum absolute atomic E-state index is 0.105. The van der Waals surface area contributed by atoms with E-state index >= 15 is 0 Å². The van der Waals surface area contributed by atoms with E-state index in [2.05, 4.69) is 5.32 Å². The topological polar surface area (TPSA) is 55.4 Å². The van der Waals surface area contributed by atoms with Crippen LogP contribution < -0.4 is 5.32 Å². The van der Waals surface area contributed by atoms with Crippen LogP contribution in [-0.4, -0.2) is 23.5 Å². The van der Waals surface area contributed by atoms with E-state index in [0.717, 1.165) is 0 Å². The summed E-state index contributed by atoms with van der Waals surface area (Å²) in [7, 11) is 0. The molecule has 0 radical (unpaired) electrons. The maximum absolute atomic E-state index is 13.6. The van der Waals surface area contributed by atoms with Gasteiger partial charge in [0.1, 0.15) is 17.5 Å². The molecule has 0 bridgehead atoms. The highest BCUT2D eigenvalue weighted by atomic mass is 35.5. The molecule has 0 saturated carbocycles. The molecule has 0 spiro atoms. The molecule has 1 amide bonds. The van der Waals surface area contributed by atoms with Crippen molar-refractivity contribution in [2.45, 2.75) is 45.8 Å². The number of esters is 1. The molecular weight excluding hydrogens is 297 g/mol. The molecule has 0 aliphatic carbocycles. The normalized spacial score (nSPS) is 12.7. The van der Waals surface area contributed by atoms with Crippen molar-refractivity contribution < 1.29 is 18.7 Å². The van der Waals surface area contributed by atoms with Crippen molar-refractivity contribution in [2.24, 2.45) is 0 Å². The van der Waals surface area contributed by atoms with Crippen LogP contribution in [0.1, 0.15) is 33.3 Å². The highest BCUT2D eigenvalue weighted by Crippen LogP contribution is 2.19. The van der Waals surface area contributed by atoms with Crippen LogP contribution in [0.15, 0.2) is 18.2 Å². The molecule has 4 nitrogen and oxygen atoms in total. The maximum atomic E-state index is 13.6. The van der Waals surface area contributed by atoms with Crippen LogP contribution in [-0.2, 0) is 20.7 Å². The summed E-state index contributed by atoms with van der Waals surface area (Å²) >= 11 is 5.85. The number of rotatable bonds is 4. The molecule has 6 heteroatoms. The minimum atomic E-state index is -0.817.